The summed E-state index contributed by atoms with van der Waals surface area (Å²) < 4.78 is 0.847. The molecular weight excluding hydrogens is 334 g/mol. The third kappa shape index (κ3) is 4.68. The highest BCUT2D eigenvalue weighted by molar-refractivity contribution is 9.10. The minimum absolute atomic E-state index is 0.174. The number of carbonyl (C=O) groups excluding carboxylic acids is 2. The van der Waals surface area contributed by atoms with Crippen LogP contribution in [0, 0.1) is 0 Å². The normalized spacial score (nSPS) is 9.95. The van der Waals surface area contributed by atoms with Crippen molar-refractivity contribution in [2.75, 3.05) is 13.1 Å². The molecule has 0 spiro atoms. The third-order valence-corrected chi connectivity index (χ3v) is 3.20. The van der Waals surface area contributed by atoms with Crippen LogP contribution in [0.1, 0.15) is 20.7 Å². The second-order valence-corrected chi connectivity index (χ2v) is 5.18. The van der Waals surface area contributed by atoms with Crippen molar-refractivity contribution < 1.29 is 9.59 Å². The number of benzene rings is 1. The molecular formula is C15H14BrN3O2. The molecule has 5 nitrogen and oxygen atoms in total. The van der Waals surface area contributed by atoms with Gasteiger partial charge in [0.1, 0.15) is 0 Å². The number of hydrogen-bond donors (Lipinski definition) is 2. The lowest BCUT2D eigenvalue weighted by Gasteiger charge is -2.07. The monoisotopic (exact) mass is 347 g/mol. The molecule has 0 atom stereocenters. The number of nitrogens with zero attached hydrogens (tertiary/aromatic N) is 1. The lowest BCUT2D eigenvalue weighted by molar-refractivity contribution is 0.0927. The zero-order valence-corrected chi connectivity index (χ0v) is 12.8. The summed E-state index contributed by atoms with van der Waals surface area (Å²) in [5, 5.41) is 5.46. The van der Waals surface area contributed by atoms with Gasteiger partial charge < -0.3 is 10.6 Å². The van der Waals surface area contributed by atoms with Crippen LogP contribution in [-0.4, -0.2) is 29.9 Å². The van der Waals surface area contributed by atoms with Crippen LogP contribution >= 0.6 is 15.9 Å². The molecule has 2 amide bonds. The van der Waals surface area contributed by atoms with E-state index in [0.717, 1.165) is 4.47 Å². The zero-order valence-electron chi connectivity index (χ0n) is 11.2. The summed E-state index contributed by atoms with van der Waals surface area (Å²) >= 11 is 3.31. The predicted molar refractivity (Wildman–Crippen MR) is 83.0 cm³/mol. The number of pyridine rings is 1. The number of carbonyl (C=O) groups is 2. The molecule has 108 valence electrons. The molecule has 0 aliphatic rings. The van der Waals surface area contributed by atoms with Crippen molar-refractivity contribution in [3.63, 3.8) is 0 Å². The van der Waals surface area contributed by atoms with Gasteiger partial charge in [-0.25, -0.2) is 0 Å². The van der Waals surface area contributed by atoms with E-state index in [-0.39, 0.29) is 11.8 Å². The number of rotatable bonds is 5. The first-order valence-electron chi connectivity index (χ1n) is 6.39. The van der Waals surface area contributed by atoms with Crippen molar-refractivity contribution in [1.82, 2.24) is 15.6 Å². The minimum atomic E-state index is -0.209. The van der Waals surface area contributed by atoms with Gasteiger partial charge in [0.2, 0.25) is 0 Å². The van der Waals surface area contributed by atoms with E-state index < -0.39 is 0 Å². The van der Waals surface area contributed by atoms with Gasteiger partial charge in [0.25, 0.3) is 11.8 Å². The fraction of sp³-hybridized carbons (Fsp3) is 0.133. The van der Waals surface area contributed by atoms with E-state index >= 15 is 0 Å². The van der Waals surface area contributed by atoms with Crippen molar-refractivity contribution in [3.05, 3.63) is 64.4 Å². The highest BCUT2D eigenvalue weighted by Crippen LogP contribution is 2.11. The number of aromatic nitrogens is 1. The van der Waals surface area contributed by atoms with Crippen molar-refractivity contribution in [1.29, 1.82) is 0 Å². The minimum Gasteiger partial charge on any atom is -0.350 e. The van der Waals surface area contributed by atoms with E-state index in [1.165, 1.54) is 6.20 Å². The van der Waals surface area contributed by atoms with Crippen LogP contribution in [0.4, 0.5) is 0 Å². The fourth-order valence-electron chi connectivity index (χ4n) is 1.68. The lowest BCUT2D eigenvalue weighted by Crippen LogP contribution is -2.34. The molecule has 21 heavy (non-hydrogen) atoms. The van der Waals surface area contributed by atoms with Gasteiger partial charge in [0.05, 0.1) is 5.56 Å². The molecule has 0 fully saturated rings. The van der Waals surface area contributed by atoms with Crippen LogP contribution in [-0.2, 0) is 0 Å². The topological polar surface area (TPSA) is 71.1 Å². The van der Waals surface area contributed by atoms with Gasteiger partial charge in [0, 0.05) is 35.5 Å². The van der Waals surface area contributed by atoms with E-state index in [4.69, 9.17) is 0 Å². The van der Waals surface area contributed by atoms with E-state index in [9.17, 15) is 9.59 Å². The van der Waals surface area contributed by atoms with E-state index in [0.29, 0.717) is 24.2 Å². The second-order valence-electron chi connectivity index (χ2n) is 4.26. The first kappa shape index (κ1) is 15.2. The first-order chi connectivity index (χ1) is 10.2. The molecule has 2 aromatic rings. The van der Waals surface area contributed by atoms with Gasteiger partial charge >= 0.3 is 0 Å². The summed E-state index contributed by atoms with van der Waals surface area (Å²) in [6, 6.07) is 10.5. The molecule has 6 heteroatoms. The maximum absolute atomic E-state index is 11.9. The summed E-state index contributed by atoms with van der Waals surface area (Å²) in [4.78, 5) is 27.5. The lowest BCUT2D eigenvalue weighted by atomic mass is 10.2. The summed E-state index contributed by atoms with van der Waals surface area (Å²) in [5.74, 6) is -0.383. The third-order valence-electron chi connectivity index (χ3n) is 2.71. The van der Waals surface area contributed by atoms with Crippen molar-refractivity contribution in [2.24, 2.45) is 0 Å². The Bertz CT molecular complexity index is 632. The number of nitrogens with one attached hydrogen (secondary N) is 2. The molecule has 2 rings (SSSR count). The molecule has 0 unspecified atom stereocenters. The summed E-state index contributed by atoms with van der Waals surface area (Å²) in [6.45, 7) is 0.713. The molecule has 0 saturated carbocycles. The van der Waals surface area contributed by atoms with Crippen LogP contribution in [0.5, 0.6) is 0 Å². The highest BCUT2D eigenvalue weighted by Gasteiger charge is 2.06. The average molecular weight is 348 g/mol. The standard InChI is InChI=1S/C15H14BrN3O2/c16-13-5-1-3-11(9-13)14(20)18-7-8-19-15(21)12-4-2-6-17-10-12/h1-6,9-10H,7-8H2,(H,18,20)(H,19,21). The second kappa shape index (κ2) is 7.54. The van der Waals surface area contributed by atoms with Crippen LogP contribution in [0.15, 0.2) is 53.3 Å². The Kier molecular flexibility index (Phi) is 5.45. The Balaban J connectivity index is 1.75. The summed E-state index contributed by atoms with van der Waals surface area (Å²) in [7, 11) is 0. The molecule has 1 aromatic heterocycles. The molecule has 0 aliphatic carbocycles. The summed E-state index contributed by atoms with van der Waals surface area (Å²) in [5.41, 5.74) is 1.07. The molecule has 0 radical (unpaired) electrons. The molecule has 1 heterocycles. The molecule has 2 N–H and O–H groups in total. The van der Waals surface area contributed by atoms with E-state index in [1.54, 1.807) is 36.5 Å². The van der Waals surface area contributed by atoms with Gasteiger partial charge in [-0.3, -0.25) is 14.6 Å². The van der Waals surface area contributed by atoms with E-state index in [1.807, 2.05) is 6.07 Å². The van der Waals surface area contributed by atoms with Gasteiger partial charge in [-0.2, -0.15) is 0 Å². The Morgan fingerprint density at radius 1 is 1.00 bits per heavy atom. The van der Waals surface area contributed by atoms with Gasteiger partial charge in [0.15, 0.2) is 0 Å². The zero-order chi connectivity index (χ0) is 15.1. The van der Waals surface area contributed by atoms with Crippen molar-refractivity contribution >= 4 is 27.7 Å². The van der Waals surface area contributed by atoms with Gasteiger partial charge in [-0.05, 0) is 30.3 Å². The quantitative estimate of drug-likeness (QED) is 0.812. The Morgan fingerprint density at radius 2 is 1.67 bits per heavy atom. The average Bonchev–Trinajstić information content (AvgIpc) is 2.52. The molecule has 0 saturated heterocycles. The molecule has 0 bridgehead atoms. The van der Waals surface area contributed by atoms with Crippen molar-refractivity contribution in [2.45, 2.75) is 0 Å². The SMILES string of the molecule is O=C(NCCNC(=O)c1cccc(Br)c1)c1cccnc1. The number of amides is 2. The van der Waals surface area contributed by atoms with Crippen LogP contribution in [0.3, 0.4) is 0 Å². The number of halogens is 1. The molecule has 0 aliphatic heterocycles. The number of hydrogen-bond acceptors (Lipinski definition) is 3. The van der Waals surface area contributed by atoms with Crippen LogP contribution < -0.4 is 10.6 Å². The molecule has 1 aromatic carbocycles. The van der Waals surface area contributed by atoms with Crippen LogP contribution in [0.2, 0.25) is 0 Å². The Labute approximate surface area is 130 Å². The highest BCUT2D eigenvalue weighted by atomic mass is 79.9. The predicted octanol–water partition coefficient (Wildman–Crippen LogP) is 2.00. The summed E-state index contributed by atoms with van der Waals surface area (Å²) in [6.07, 6.45) is 3.10. The Hall–Kier alpha value is -2.21. The fourth-order valence-corrected chi connectivity index (χ4v) is 2.08. The Morgan fingerprint density at radius 3 is 2.29 bits per heavy atom. The first-order valence-corrected chi connectivity index (χ1v) is 7.18. The smallest absolute Gasteiger partial charge is 0.252 e. The van der Waals surface area contributed by atoms with E-state index in [2.05, 4.69) is 31.5 Å². The van der Waals surface area contributed by atoms with Crippen LogP contribution in [0.25, 0.3) is 0 Å². The maximum Gasteiger partial charge on any atom is 0.252 e. The van der Waals surface area contributed by atoms with Gasteiger partial charge in [-0.15, -0.1) is 0 Å². The maximum atomic E-state index is 11.9. The van der Waals surface area contributed by atoms with Gasteiger partial charge in [-0.1, -0.05) is 22.0 Å². The van der Waals surface area contributed by atoms with Crippen molar-refractivity contribution in [3.8, 4) is 0 Å². The largest absolute Gasteiger partial charge is 0.350 e.